The molecule has 0 bridgehead atoms. The molecule has 0 radical (unpaired) electrons. The van der Waals surface area contributed by atoms with E-state index in [1.165, 1.54) is 0 Å². The quantitative estimate of drug-likeness (QED) is 0.179. The van der Waals surface area contributed by atoms with Crippen LogP contribution < -0.4 is 69.5 Å². The largest absolute Gasteiger partial charge is 1.00 e. The predicted octanol–water partition coefficient (Wildman–Crippen LogP) is -8.41. The second kappa shape index (κ2) is 12.8. The van der Waals surface area contributed by atoms with Gasteiger partial charge in [-0.2, -0.15) is 0 Å². The Morgan fingerprint density at radius 3 is 2.30 bits per heavy atom. The molecule has 0 aliphatic heterocycles. The zero-order valence-corrected chi connectivity index (χ0v) is 9.99. The van der Waals surface area contributed by atoms with E-state index in [0.29, 0.717) is 0 Å². The van der Waals surface area contributed by atoms with Crippen molar-refractivity contribution in [2.45, 2.75) is 0 Å². The first kappa shape index (κ1) is 17.3. The molecule has 0 aromatic carbocycles. The molecule has 6 heteroatoms. The van der Waals surface area contributed by atoms with Gasteiger partial charge in [-0.3, -0.25) is 0 Å². The van der Waals surface area contributed by atoms with Crippen LogP contribution in [-0.2, 0) is 9.68 Å². The summed E-state index contributed by atoms with van der Waals surface area (Å²) in [6, 6.07) is 0. The summed E-state index contributed by atoms with van der Waals surface area (Å²) >= 11 is 0. The molecule has 0 spiro atoms. The van der Waals surface area contributed by atoms with E-state index in [9.17, 15) is 9.90 Å². The minimum Gasteiger partial charge on any atom is -0.723 e. The molecular weight excluding hydrogens is 158 g/mol. The zero-order valence-electron chi connectivity index (χ0n) is 5.99. The molecule has 0 unspecified atom stereocenters. The molecule has 0 aliphatic rings. The van der Waals surface area contributed by atoms with E-state index >= 15 is 0 Å². The van der Waals surface area contributed by atoms with E-state index < -0.39 is 5.97 Å². The van der Waals surface area contributed by atoms with E-state index in [2.05, 4.69) is 4.89 Å². The fourth-order valence-electron chi connectivity index (χ4n) is 0.184. The maximum Gasteiger partial charge on any atom is 1.00 e. The van der Waals surface area contributed by atoms with Crippen LogP contribution in [0.2, 0.25) is 0 Å². The molecule has 4 nitrogen and oxygen atoms in total. The van der Waals surface area contributed by atoms with E-state index in [1.807, 2.05) is 0 Å². The van der Waals surface area contributed by atoms with Gasteiger partial charge >= 0.3 is 59.1 Å². The molecule has 0 aromatic rings. The van der Waals surface area contributed by atoms with Crippen LogP contribution in [0.25, 0.3) is 0 Å². The minimum atomic E-state index is -1.33. The third kappa shape index (κ3) is 16.1. The van der Waals surface area contributed by atoms with Crippen LogP contribution >= 0.6 is 0 Å². The number of carboxylic acids is 1. The van der Waals surface area contributed by atoms with Gasteiger partial charge in [0.15, 0.2) is 0 Å². The normalized spacial score (nSPS) is 8.10. The van der Waals surface area contributed by atoms with E-state index in [4.69, 9.17) is 5.26 Å². The molecule has 46 valence electrons. The first-order valence-electron chi connectivity index (χ1n) is 1.89. The van der Waals surface area contributed by atoms with Crippen molar-refractivity contribution in [3.63, 3.8) is 0 Å². The molecule has 0 aliphatic carbocycles. The maximum absolute atomic E-state index is 9.52. The average molecular weight is 162 g/mol. The van der Waals surface area contributed by atoms with E-state index in [-0.39, 0.29) is 65.7 Å². The summed E-state index contributed by atoms with van der Waals surface area (Å²) in [5.74, 6) is -1.33. The Morgan fingerprint density at radius 2 is 2.00 bits per heavy atom. The first-order chi connectivity index (χ1) is 3.77. The number of aliphatic carboxylic acids is 1. The predicted molar refractivity (Wildman–Crippen MR) is 20.1 cm³/mol. The molecular formula is C4H4Na2O4. The standard InChI is InChI=1S/C4H6O4.2Na/c5-4(6)2-1-3-8-7;;/h1-2,7H,3H2,(H,5,6);;/q;2*+1/p-2. The summed E-state index contributed by atoms with van der Waals surface area (Å²) in [6.45, 7) is -0.242. The second-order valence-electron chi connectivity index (χ2n) is 1.01. The van der Waals surface area contributed by atoms with Gasteiger partial charge in [0.2, 0.25) is 0 Å². The number of hydrogen-bond acceptors (Lipinski definition) is 4. The van der Waals surface area contributed by atoms with E-state index in [0.717, 1.165) is 12.2 Å². The third-order valence-electron chi connectivity index (χ3n) is 0.418. The molecule has 10 heavy (non-hydrogen) atoms. The molecule has 0 saturated carbocycles. The fraction of sp³-hybridized carbons (Fsp3) is 0.250. The van der Waals surface area contributed by atoms with Gasteiger partial charge in [0.25, 0.3) is 0 Å². The van der Waals surface area contributed by atoms with Crippen LogP contribution in [0.1, 0.15) is 0 Å². The molecule has 0 N–H and O–H groups in total. The van der Waals surface area contributed by atoms with Gasteiger partial charge in [-0.25, -0.2) is 0 Å². The molecule has 0 atom stereocenters. The molecule has 0 rings (SSSR count). The van der Waals surface area contributed by atoms with Crippen molar-refractivity contribution in [1.82, 2.24) is 0 Å². The summed E-state index contributed by atoms with van der Waals surface area (Å²) in [4.78, 5) is 12.8. The summed E-state index contributed by atoms with van der Waals surface area (Å²) in [5.41, 5.74) is 0. The fourth-order valence-corrected chi connectivity index (χ4v) is 0.184. The van der Waals surface area contributed by atoms with Gasteiger partial charge in [0, 0.05) is 0 Å². The third-order valence-corrected chi connectivity index (χ3v) is 0.418. The number of rotatable bonds is 3. The molecule has 0 aromatic heterocycles. The van der Waals surface area contributed by atoms with Crippen LogP contribution in [0.3, 0.4) is 0 Å². The Balaban J connectivity index is -0.000000245. The van der Waals surface area contributed by atoms with Gasteiger partial charge < -0.3 is 20.0 Å². The SMILES string of the molecule is O=C([O-])C=CCO[O-].[Na+].[Na+]. The molecule has 0 amide bonds. The molecule has 0 heterocycles. The van der Waals surface area contributed by atoms with Gasteiger partial charge in [0.05, 0.1) is 12.6 Å². The Labute approximate surface area is 103 Å². The monoisotopic (exact) mass is 162 g/mol. The van der Waals surface area contributed by atoms with Crippen LogP contribution in [0, 0.1) is 0 Å². The van der Waals surface area contributed by atoms with Crippen molar-refractivity contribution in [3.05, 3.63) is 12.2 Å². The van der Waals surface area contributed by atoms with Crippen molar-refractivity contribution in [2.75, 3.05) is 6.61 Å². The Bertz CT molecular complexity index is 103. The van der Waals surface area contributed by atoms with Crippen molar-refractivity contribution in [3.8, 4) is 0 Å². The number of carbonyl (C=O) groups excluding carboxylic acids is 1. The Morgan fingerprint density at radius 1 is 1.50 bits per heavy atom. The number of carboxylic acid groups (broad SMARTS) is 1. The summed E-state index contributed by atoms with van der Waals surface area (Å²) < 4.78 is 0. The average Bonchev–Trinajstić information content (AvgIpc) is 1.66. The van der Waals surface area contributed by atoms with Crippen molar-refractivity contribution in [2.24, 2.45) is 0 Å². The van der Waals surface area contributed by atoms with Gasteiger partial charge in [-0.05, 0) is 6.08 Å². The maximum atomic E-state index is 9.52. The summed E-state index contributed by atoms with van der Waals surface area (Å²) in [6.07, 6.45) is 1.79. The summed E-state index contributed by atoms with van der Waals surface area (Å²) in [5, 5.41) is 18.7. The van der Waals surface area contributed by atoms with Crippen LogP contribution in [-0.4, -0.2) is 12.6 Å². The van der Waals surface area contributed by atoms with Crippen molar-refractivity contribution < 1.29 is 79.2 Å². The van der Waals surface area contributed by atoms with Crippen LogP contribution in [0.4, 0.5) is 0 Å². The Kier molecular flexibility index (Phi) is 22.1. The molecule has 0 fully saturated rings. The van der Waals surface area contributed by atoms with Gasteiger partial charge in [-0.15, -0.1) is 0 Å². The number of carbonyl (C=O) groups is 1. The smallest absolute Gasteiger partial charge is 0.723 e. The Hall–Kier alpha value is 1.13. The van der Waals surface area contributed by atoms with Crippen molar-refractivity contribution >= 4 is 5.97 Å². The van der Waals surface area contributed by atoms with E-state index in [1.54, 1.807) is 0 Å². The number of hydrogen-bond donors (Lipinski definition) is 0. The first-order valence-corrected chi connectivity index (χ1v) is 1.89. The minimum absolute atomic E-state index is 0. The van der Waals surface area contributed by atoms with Gasteiger partial charge in [0.1, 0.15) is 0 Å². The molecule has 0 saturated heterocycles. The van der Waals surface area contributed by atoms with Gasteiger partial charge in [-0.1, -0.05) is 6.08 Å². The van der Waals surface area contributed by atoms with Crippen LogP contribution in [0.5, 0.6) is 0 Å². The topological polar surface area (TPSA) is 72.4 Å². The summed E-state index contributed by atoms with van der Waals surface area (Å²) in [7, 11) is 0. The second-order valence-corrected chi connectivity index (χ2v) is 1.01. The zero-order chi connectivity index (χ0) is 6.41. The van der Waals surface area contributed by atoms with Crippen LogP contribution in [0.15, 0.2) is 12.2 Å². The van der Waals surface area contributed by atoms with Crippen molar-refractivity contribution in [1.29, 1.82) is 0 Å².